The minimum absolute atomic E-state index is 0.0965. The smallest absolute Gasteiger partial charge is 0.190 e. The quantitative estimate of drug-likeness (QED) is 0.537. The number of hydrogen-bond acceptors (Lipinski definition) is 3. The van der Waals surface area contributed by atoms with Gasteiger partial charge in [0.1, 0.15) is 0 Å². The van der Waals surface area contributed by atoms with Gasteiger partial charge in [-0.3, -0.25) is 4.79 Å². The number of nitrogens with zero attached hydrogens (tertiary/aromatic N) is 2. The van der Waals surface area contributed by atoms with E-state index in [1.165, 1.54) is 0 Å². The number of Topliss-reactive ketones (excluding diaryl/α,β-unsaturated/α-hetero) is 1. The lowest BCUT2D eigenvalue weighted by Gasteiger charge is -2.29. The molecular formula is C22H21ClN2O. The van der Waals surface area contributed by atoms with Gasteiger partial charge in [0.25, 0.3) is 0 Å². The number of ketones is 1. The number of halogens is 1. The first-order valence-corrected chi connectivity index (χ1v) is 9.03. The highest BCUT2D eigenvalue weighted by molar-refractivity contribution is 6.30. The van der Waals surface area contributed by atoms with E-state index in [0.717, 1.165) is 34.4 Å². The number of fused-ring (bicyclic) bond motifs is 1. The average Bonchev–Trinajstić information content (AvgIpc) is 2.65. The van der Waals surface area contributed by atoms with Gasteiger partial charge in [0, 0.05) is 21.7 Å². The summed E-state index contributed by atoms with van der Waals surface area (Å²) in [5.41, 5.74) is 3.85. The Morgan fingerprint density at radius 1 is 1.04 bits per heavy atom. The van der Waals surface area contributed by atoms with E-state index in [1.54, 1.807) is 18.3 Å². The van der Waals surface area contributed by atoms with Crippen LogP contribution in [-0.2, 0) is 0 Å². The molecule has 132 valence electrons. The number of carbonyl (C=O) groups is 1. The first-order valence-electron chi connectivity index (χ1n) is 8.65. The van der Waals surface area contributed by atoms with Crippen LogP contribution in [0.4, 0.5) is 5.69 Å². The van der Waals surface area contributed by atoms with Gasteiger partial charge in [0.05, 0.1) is 11.9 Å². The van der Waals surface area contributed by atoms with Crippen molar-refractivity contribution in [2.75, 3.05) is 0 Å². The lowest BCUT2D eigenvalue weighted by molar-refractivity contribution is 0.100. The Labute approximate surface area is 159 Å². The summed E-state index contributed by atoms with van der Waals surface area (Å²) in [6.07, 6.45) is 4.55. The highest BCUT2D eigenvalue weighted by atomic mass is 35.5. The molecule has 0 unspecified atom stereocenters. The van der Waals surface area contributed by atoms with Crippen LogP contribution in [0.25, 0.3) is 5.57 Å². The molecule has 0 atom stereocenters. The van der Waals surface area contributed by atoms with Gasteiger partial charge < -0.3 is 0 Å². The van der Waals surface area contributed by atoms with Crippen LogP contribution in [0.1, 0.15) is 43.1 Å². The van der Waals surface area contributed by atoms with Gasteiger partial charge in [-0.1, -0.05) is 56.6 Å². The third-order valence-electron chi connectivity index (χ3n) is 4.84. The van der Waals surface area contributed by atoms with Crippen LogP contribution in [0.2, 0.25) is 5.02 Å². The summed E-state index contributed by atoms with van der Waals surface area (Å²) < 4.78 is 0. The van der Waals surface area contributed by atoms with Crippen molar-refractivity contribution in [3.63, 3.8) is 0 Å². The third kappa shape index (κ3) is 3.68. The number of azo groups is 1. The molecule has 0 spiro atoms. The highest BCUT2D eigenvalue weighted by Crippen LogP contribution is 2.39. The Bertz CT molecular complexity index is 921. The molecular weight excluding hydrogens is 344 g/mol. The number of hydrogen-bond donors (Lipinski definition) is 0. The molecule has 0 heterocycles. The molecule has 0 fully saturated rings. The summed E-state index contributed by atoms with van der Waals surface area (Å²) in [7, 11) is 0. The van der Waals surface area contributed by atoms with Crippen LogP contribution >= 0.6 is 11.6 Å². The van der Waals surface area contributed by atoms with E-state index < -0.39 is 0 Å². The van der Waals surface area contributed by atoms with E-state index in [2.05, 4.69) is 31.0 Å². The minimum atomic E-state index is -0.197. The first kappa shape index (κ1) is 18.3. The summed E-state index contributed by atoms with van der Waals surface area (Å²) in [6, 6.07) is 14.8. The third-order valence-corrected chi connectivity index (χ3v) is 5.09. The fraction of sp³-hybridized carbons (Fsp3) is 0.227. The van der Waals surface area contributed by atoms with E-state index in [1.807, 2.05) is 42.5 Å². The Morgan fingerprint density at radius 3 is 2.35 bits per heavy atom. The van der Waals surface area contributed by atoms with Crippen LogP contribution in [0.15, 0.2) is 76.6 Å². The van der Waals surface area contributed by atoms with Gasteiger partial charge in [-0.15, -0.1) is 0 Å². The van der Waals surface area contributed by atoms with Crippen molar-refractivity contribution in [3.05, 3.63) is 82.5 Å². The molecule has 0 saturated heterocycles. The molecule has 1 aliphatic carbocycles. The predicted molar refractivity (Wildman–Crippen MR) is 107 cm³/mol. The second-order valence-corrected chi connectivity index (χ2v) is 7.38. The Kier molecular flexibility index (Phi) is 5.19. The summed E-state index contributed by atoms with van der Waals surface area (Å²) in [4.78, 5) is 12.9. The van der Waals surface area contributed by atoms with E-state index in [4.69, 9.17) is 11.6 Å². The Morgan fingerprint density at radius 2 is 1.69 bits per heavy atom. The van der Waals surface area contributed by atoms with Crippen molar-refractivity contribution < 1.29 is 4.79 Å². The number of allylic oxidation sites excluding steroid dienone is 3. The predicted octanol–water partition coefficient (Wildman–Crippen LogP) is 7.02. The molecule has 3 nitrogen and oxygen atoms in total. The van der Waals surface area contributed by atoms with Crippen molar-refractivity contribution in [2.24, 2.45) is 15.6 Å². The number of rotatable bonds is 4. The first-order chi connectivity index (χ1) is 12.4. The molecule has 0 aromatic heterocycles. The van der Waals surface area contributed by atoms with Gasteiger partial charge in [-0.2, -0.15) is 10.2 Å². The minimum Gasteiger partial charge on any atom is -0.289 e. The molecule has 0 radical (unpaired) electrons. The maximum Gasteiger partial charge on any atom is 0.190 e. The zero-order chi connectivity index (χ0) is 18.7. The fourth-order valence-corrected chi connectivity index (χ4v) is 2.97. The van der Waals surface area contributed by atoms with Gasteiger partial charge in [0.15, 0.2) is 5.78 Å². The lowest BCUT2D eigenvalue weighted by atomic mass is 9.73. The molecule has 0 aliphatic heterocycles. The van der Waals surface area contributed by atoms with Crippen LogP contribution < -0.4 is 0 Å². The molecule has 4 heteroatoms. The maximum absolute atomic E-state index is 12.9. The number of benzene rings is 2. The molecule has 2 aromatic carbocycles. The zero-order valence-electron chi connectivity index (χ0n) is 15.2. The zero-order valence-corrected chi connectivity index (χ0v) is 15.9. The van der Waals surface area contributed by atoms with E-state index in [9.17, 15) is 4.79 Å². The van der Waals surface area contributed by atoms with E-state index >= 15 is 0 Å². The summed E-state index contributed by atoms with van der Waals surface area (Å²) in [5.74, 6) is 0.0965. The fourth-order valence-electron chi connectivity index (χ4n) is 2.84. The van der Waals surface area contributed by atoms with Crippen LogP contribution in [0, 0.1) is 5.41 Å². The van der Waals surface area contributed by atoms with Gasteiger partial charge in [0.2, 0.25) is 0 Å². The highest BCUT2D eigenvalue weighted by Gasteiger charge is 2.32. The van der Waals surface area contributed by atoms with Crippen molar-refractivity contribution >= 4 is 28.6 Å². The Hall–Kier alpha value is -2.52. The van der Waals surface area contributed by atoms with Crippen LogP contribution in [0.3, 0.4) is 0 Å². The monoisotopic (exact) mass is 364 g/mol. The van der Waals surface area contributed by atoms with Crippen molar-refractivity contribution in [1.82, 2.24) is 0 Å². The molecule has 2 aromatic rings. The molecule has 0 saturated carbocycles. The average molecular weight is 365 g/mol. The molecule has 1 aliphatic rings. The largest absolute Gasteiger partial charge is 0.289 e. The Balaban J connectivity index is 2.02. The summed E-state index contributed by atoms with van der Waals surface area (Å²) in [5, 5.41) is 9.11. The lowest BCUT2D eigenvalue weighted by Crippen LogP contribution is -2.24. The maximum atomic E-state index is 12.9. The molecule has 3 rings (SSSR count). The second kappa shape index (κ2) is 7.38. The van der Waals surface area contributed by atoms with Crippen molar-refractivity contribution in [3.8, 4) is 0 Å². The van der Waals surface area contributed by atoms with E-state index in [-0.39, 0.29) is 11.2 Å². The van der Waals surface area contributed by atoms with Crippen LogP contribution in [-0.4, -0.2) is 5.78 Å². The molecule has 0 N–H and O–H groups in total. The summed E-state index contributed by atoms with van der Waals surface area (Å²) in [6.45, 7) is 6.29. The molecule has 0 amide bonds. The van der Waals surface area contributed by atoms with Crippen molar-refractivity contribution in [2.45, 2.75) is 27.2 Å². The normalized spacial score (nSPS) is 16.1. The van der Waals surface area contributed by atoms with Gasteiger partial charge in [-0.05, 0) is 47.7 Å². The molecule has 0 bridgehead atoms. The summed E-state index contributed by atoms with van der Waals surface area (Å²) >= 11 is 5.89. The molecule has 26 heavy (non-hydrogen) atoms. The topological polar surface area (TPSA) is 41.8 Å². The van der Waals surface area contributed by atoms with Gasteiger partial charge in [-0.25, -0.2) is 0 Å². The van der Waals surface area contributed by atoms with Gasteiger partial charge >= 0.3 is 0 Å². The number of carbonyl (C=O) groups excluding carboxylic acids is 1. The SMILES string of the molecule is CCC(C)(C)C1=C/C(=C/N=N/c2ccc(Cl)cc2)c2ccccc2C1=O. The van der Waals surface area contributed by atoms with E-state index in [0.29, 0.717) is 5.02 Å². The van der Waals surface area contributed by atoms with Crippen molar-refractivity contribution in [1.29, 1.82) is 0 Å². The second-order valence-electron chi connectivity index (χ2n) is 6.95. The van der Waals surface area contributed by atoms with Crippen LogP contribution in [0.5, 0.6) is 0 Å². The standard InChI is InChI=1S/C22H21ClN2O/c1-4-22(2,3)20-13-15(18-7-5-6-8-19(18)21(20)26)14-24-25-17-11-9-16(23)10-12-17/h5-14H,4H2,1-3H3/b15-14-,25-24+.